The summed E-state index contributed by atoms with van der Waals surface area (Å²) in [4.78, 5) is 24.5. The summed E-state index contributed by atoms with van der Waals surface area (Å²) in [5.41, 5.74) is 7.70. The van der Waals surface area contributed by atoms with Gasteiger partial charge in [-0.05, 0) is 68.2 Å². The number of rotatable bonds is 6. The Morgan fingerprint density at radius 1 is 1.08 bits per heavy atom. The number of fused-ring (bicyclic) bond motifs is 1. The molecule has 1 saturated carbocycles. The molecular formula is C28H32N6O3. The lowest BCUT2D eigenvalue weighted by atomic mass is 9.91. The molecule has 0 spiro atoms. The molecule has 1 fully saturated rings. The number of hydrogen-bond donors (Lipinski definition) is 3. The van der Waals surface area contributed by atoms with Gasteiger partial charge in [-0.3, -0.25) is 14.3 Å². The average molecular weight is 501 g/mol. The Bertz CT molecular complexity index is 1420. The highest BCUT2D eigenvalue weighted by Crippen LogP contribution is 2.36. The fraction of sp³-hybridized carbons (Fsp3) is 0.286. The molecule has 4 aromatic rings. The smallest absolute Gasteiger partial charge is 0.290 e. The number of hydrogen-bond acceptors (Lipinski definition) is 6. The SMILES string of the molecule is C=CC(=O)NC1CCC(n2nc(-c3ccc(Oc4ccccc4)cc3)c3c(N)n[nH]c(=O)c32)CC1.CC. The number of amides is 1. The Labute approximate surface area is 215 Å². The molecule has 192 valence electrons. The van der Waals surface area contributed by atoms with Crippen LogP contribution in [-0.2, 0) is 4.79 Å². The van der Waals surface area contributed by atoms with Crippen LogP contribution in [0.4, 0.5) is 5.82 Å². The maximum atomic E-state index is 12.8. The molecule has 0 aliphatic heterocycles. The van der Waals surface area contributed by atoms with Gasteiger partial charge in [0, 0.05) is 11.6 Å². The van der Waals surface area contributed by atoms with Crippen molar-refractivity contribution in [3.05, 3.63) is 77.6 Å². The summed E-state index contributed by atoms with van der Waals surface area (Å²) in [5.74, 6) is 1.48. The number of nitrogens with two attached hydrogens (primary N) is 1. The Morgan fingerprint density at radius 2 is 1.73 bits per heavy atom. The van der Waals surface area contributed by atoms with E-state index in [-0.39, 0.29) is 29.4 Å². The Morgan fingerprint density at radius 3 is 2.38 bits per heavy atom. The molecule has 0 saturated heterocycles. The molecule has 2 heterocycles. The highest BCUT2D eigenvalue weighted by molar-refractivity contribution is 5.99. The van der Waals surface area contributed by atoms with Crippen LogP contribution in [0.3, 0.4) is 0 Å². The average Bonchev–Trinajstić information content (AvgIpc) is 3.35. The molecule has 4 N–H and O–H groups in total. The maximum Gasteiger partial charge on any atom is 0.290 e. The molecule has 1 aliphatic rings. The highest BCUT2D eigenvalue weighted by atomic mass is 16.5. The molecule has 1 amide bonds. The number of anilines is 1. The topological polar surface area (TPSA) is 128 Å². The Hall–Kier alpha value is -4.40. The largest absolute Gasteiger partial charge is 0.457 e. The van der Waals surface area contributed by atoms with E-state index in [2.05, 4.69) is 22.1 Å². The van der Waals surface area contributed by atoms with Gasteiger partial charge in [-0.2, -0.15) is 10.2 Å². The van der Waals surface area contributed by atoms with Gasteiger partial charge in [-0.25, -0.2) is 5.10 Å². The molecule has 9 nitrogen and oxygen atoms in total. The van der Waals surface area contributed by atoms with Crippen molar-refractivity contribution in [2.24, 2.45) is 0 Å². The zero-order valence-corrected chi connectivity index (χ0v) is 21.1. The third-order valence-electron chi connectivity index (χ3n) is 6.34. The van der Waals surface area contributed by atoms with Crippen LogP contribution in [0.2, 0.25) is 0 Å². The third-order valence-corrected chi connectivity index (χ3v) is 6.34. The first kappa shape index (κ1) is 25.7. The lowest BCUT2D eigenvalue weighted by Crippen LogP contribution is -2.37. The van der Waals surface area contributed by atoms with Crippen molar-refractivity contribution in [3.8, 4) is 22.8 Å². The van der Waals surface area contributed by atoms with Crippen LogP contribution in [0.15, 0.2) is 72.0 Å². The van der Waals surface area contributed by atoms with Gasteiger partial charge < -0.3 is 15.8 Å². The summed E-state index contributed by atoms with van der Waals surface area (Å²) in [5, 5.41) is 14.8. The van der Waals surface area contributed by atoms with Crippen LogP contribution >= 0.6 is 0 Å². The number of nitrogens with one attached hydrogen (secondary N) is 2. The molecule has 0 radical (unpaired) electrons. The summed E-state index contributed by atoms with van der Waals surface area (Å²) in [6.07, 6.45) is 4.38. The van der Waals surface area contributed by atoms with E-state index in [1.807, 2.05) is 68.4 Å². The Kier molecular flexibility index (Phi) is 8.02. The van der Waals surface area contributed by atoms with Gasteiger partial charge in [-0.1, -0.05) is 38.6 Å². The van der Waals surface area contributed by atoms with Crippen LogP contribution in [0, 0.1) is 0 Å². The van der Waals surface area contributed by atoms with Crippen LogP contribution in [0.5, 0.6) is 11.5 Å². The maximum absolute atomic E-state index is 12.8. The molecular weight excluding hydrogens is 468 g/mol. The lowest BCUT2D eigenvalue weighted by Gasteiger charge is -2.29. The molecule has 1 aliphatic carbocycles. The number of nitrogen functional groups attached to an aromatic ring is 1. The predicted molar refractivity (Wildman–Crippen MR) is 145 cm³/mol. The van der Waals surface area contributed by atoms with Crippen molar-refractivity contribution in [3.63, 3.8) is 0 Å². The normalized spacial score (nSPS) is 16.9. The van der Waals surface area contributed by atoms with E-state index in [1.165, 1.54) is 6.08 Å². The van der Waals surface area contributed by atoms with Gasteiger partial charge in [0.1, 0.15) is 22.7 Å². The number of aromatic nitrogens is 4. The summed E-state index contributed by atoms with van der Waals surface area (Å²) in [6, 6.07) is 17.1. The summed E-state index contributed by atoms with van der Waals surface area (Å²) < 4.78 is 7.67. The van der Waals surface area contributed by atoms with Gasteiger partial charge >= 0.3 is 0 Å². The second kappa shape index (κ2) is 11.6. The Balaban J connectivity index is 0.00000156. The number of H-pyrrole nitrogens is 1. The van der Waals surface area contributed by atoms with E-state index in [0.717, 1.165) is 37.0 Å². The molecule has 2 aromatic carbocycles. The summed E-state index contributed by atoms with van der Waals surface area (Å²) >= 11 is 0. The van der Waals surface area contributed by atoms with Crippen molar-refractivity contribution in [1.29, 1.82) is 0 Å². The summed E-state index contributed by atoms with van der Waals surface area (Å²) in [7, 11) is 0. The van der Waals surface area contributed by atoms with Crippen molar-refractivity contribution in [2.75, 3.05) is 5.73 Å². The van der Waals surface area contributed by atoms with Gasteiger partial charge in [0.05, 0.1) is 11.4 Å². The first-order chi connectivity index (χ1) is 18.0. The zero-order valence-electron chi connectivity index (χ0n) is 21.1. The number of aromatic amines is 1. The van der Waals surface area contributed by atoms with E-state index in [0.29, 0.717) is 22.3 Å². The minimum absolute atomic E-state index is 0.00622. The number of nitrogens with zero attached hydrogens (tertiary/aromatic N) is 3. The number of benzene rings is 2. The van der Waals surface area contributed by atoms with Crippen LogP contribution in [0.1, 0.15) is 45.6 Å². The predicted octanol–water partition coefficient (Wildman–Crippen LogP) is 4.97. The van der Waals surface area contributed by atoms with Crippen LogP contribution in [-0.4, -0.2) is 31.9 Å². The van der Waals surface area contributed by atoms with E-state index < -0.39 is 0 Å². The van der Waals surface area contributed by atoms with E-state index in [1.54, 1.807) is 4.68 Å². The number of carbonyl (C=O) groups is 1. The fourth-order valence-electron chi connectivity index (χ4n) is 4.61. The molecule has 9 heteroatoms. The van der Waals surface area contributed by atoms with Gasteiger partial charge in [0.15, 0.2) is 5.82 Å². The van der Waals surface area contributed by atoms with Crippen LogP contribution in [0.25, 0.3) is 22.2 Å². The van der Waals surface area contributed by atoms with Crippen molar-refractivity contribution in [2.45, 2.75) is 51.6 Å². The van der Waals surface area contributed by atoms with Crippen molar-refractivity contribution < 1.29 is 9.53 Å². The molecule has 2 aromatic heterocycles. The van der Waals surface area contributed by atoms with Crippen molar-refractivity contribution >= 4 is 22.6 Å². The van der Waals surface area contributed by atoms with Crippen molar-refractivity contribution in [1.82, 2.24) is 25.3 Å². The number of para-hydroxylation sites is 1. The second-order valence-electron chi connectivity index (χ2n) is 8.61. The van der Waals surface area contributed by atoms with E-state index >= 15 is 0 Å². The fourth-order valence-corrected chi connectivity index (χ4v) is 4.61. The van der Waals surface area contributed by atoms with Gasteiger partial charge in [0.25, 0.3) is 5.56 Å². The molecule has 0 bridgehead atoms. The minimum Gasteiger partial charge on any atom is -0.457 e. The first-order valence-electron chi connectivity index (χ1n) is 12.6. The van der Waals surface area contributed by atoms with E-state index in [9.17, 15) is 9.59 Å². The van der Waals surface area contributed by atoms with Gasteiger partial charge in [-0.15, -0.1) is 0 Å². The second-order valence-corrected chi connectivity index (χ2v) is 8.61. The molecule has 37 heavy (non-hydrogen) atoms. The van der Waals surface area contributed by atoms with E-state index in [4.69, 9.17) is 15.6 Å². The minimum atomic E-state index is -0.334. The van der Waals surface area contributed by atoms with Gasteiger partial charge in [0.2, 0.25) is 5.91 Å². The quantitative estimate of drug-likeness (QED) is 0.321. The number of ether oxygens (including phenoxy) is 1. The third kappa shape index (κ3) is 5.55. The zero-order chi connectivity index (χ0) is 26.4. The standard InChI is InChI=1S/C26H26N6O3.C2H6/c1-2-21(33)28-17-10-12-18(13-11-17)32-24-22(25(27)29-30-26(24)34)23(31-32)16-8-14-20(15-9-16)35-19-6-4-3-5-7-19;1-2/h2-9,14-15,17-18H,1,10-13H2,(H2,27,29)(H,28,33)(H,30,34);1-2H3. The molecule has 5 rings (SSSR count). The first-order valence-corrected chi connectivity index (χ1v) is 12.6. The lowest BCUT2D eigenvalue weighted by molar-refractivity contribution is -0.117. The van der Waals surface area contributed by atoms with Crippen LogP contribution < -0.4 is 21.3 Å². The number of carbonyl (C=O) groups excluding carboxylic acids is 1. The molecule has 0 unspecified atom stereocenters. The molecule has 0 atom stereocenters. The highest BCUT2D eigenvalue weighted by Gasteiger charge is 2.28. The monoisotopic (exact) mass is 500 g/mol. The summed E-state index contributed by atoms with van der Waals surface area (Å²) in [6.45, 7) is 7.51.